The van der Waals surface area contributed by atoms with Crippen molar-refractivity contribution in [2.45, 2.75) is 6.43 Å². The Balaban J connectivity index is 3.53. The Hall–Kier alpha value is -2.23. The van der Waals surface area contributed by atoms with Gasteiger partial charge in [-0.1, -0.05) is 0 Å². The first kappa shape index (κ1) is 12.8. The average molecular weight is 242 g/mol. The molecule has 0 spiro atoms. The Morgan fingerprint density at radius 3 is 2.59 bits per heavy atom. The summed E-state index contributed by atoms with van der Waals surface area (Å²) < 4.78 is 34.6. The molecule has 17 heavy (non-hydrogen) atoms. The standard InChI is InChI=1S/C10H8F2N2O3/c1-16-6-3-5(4-13)14-8(10(15)17-2)7(6)9(11)12/h3,9H,1-2H3. The Morgan fingerprint density at radius 1 is 1.53 bits per heavy atom. The van der Waals surface area contributed by atoms with E-state index in [4.69, 9.17) is 10.00 Å². The number of nitrogens with zero attached hydrogens (tertiary/aromatic N) is 2. The molecule has 1 rings (SSSR count). The number of rotatable bonds is 3. The number of hydrogen-bond acceptors (Lipinski definition) is 5. The normalized spacial score (nSPS) is 9.88. The Labute approximate surface area is 95.6 Å². The van der Waals surface area contributed by atoms with Crippen LogP contribution in [0.25, 0.3) is 0 Å². The van der Waals surface area contributed by atoms with Crippen LogP contribution in [0.4, 0.5) is 8.78 Å². The number of pyridine rings is 1. The molecule has 0 aliphatic heterocycles. The van der Waals surface area contributed by atoms with Gasteiger partial charge in [0.2, 0.25) is 0 Å². The third-order valence-corrected chi connectivity index (χ3v) is 1.95. The van der Waals surface area contributed by atoms with Crippen molar-refractivity contribution in [1.82, 2.24) is 4.98 Å². The van der Waals surface area contributed by atoms with Crippen LogP contribution in [0.2, 0.25) is 0 Å². The summed E-state index contributed by atoms with van der Waals surface area (Å²) in [6.45, 7) is 0. The van der Waals surface area contributed by atoms with Gasteiger partial charge in [0.1, 0.15) is 17.5 Å². The van der Waals surface area contributed by atoms with E-state index in [9.17, 15) is 13.6 Å². The van der Waals surface area contributed by atoms with Crippen molar-refractivity contribution in [3.63, 3.8) is 0 Å². The summed E-state index contributed by atoms with van der Waals surface area (Å²) in [7, 11) is 2.19. The van der Waals surface area contributed by atoms with Crippen LogP contribution < -0.4 is 4.74 Å². The number of alkyl halides is 2. The van der Waals surface area contributed by atoms with Gasteiger partial charge in [-0.15, -0.1) is 0 Å². The van der Waals surface area contributed by atoms with Crippen molar-refractivity contribution >= 4 is 5.97 Å². The first-order valence-corrected chi connectivity index (χ1v) is 4.40. The lowest BCUT2D eigenvalue weighted by Crippen LogP contribution is -2.11. The molecule has 0 amide bonds. The highest BCUT2D eigenvalue weighted by molar-refractivity contribution is 5.90. The monoisotopic (exact) mass is 242 g/mol. The minimum Gasteiger partial charge on any atom is -0.496 e. The van der Waals surface area contributed by atoms with Crippen LogP contribution in [-0.4, -0.2) is 25.2 Å². The number of carbonyl (C=O) groups is 1. The summed E-state index contributed by atoms with van der Waals surface area (Å²) in [6.07, 6.45) is -2.96. The molecule has 0 fully saturated rings. The van der Waals surface area contributed by atoms with Gasteiger partial charge in [0, 0.05) is 6.07 Å². The zero-order valence-electron chi connectivity index (χ0n) is 9.03. The van der Waals surface area contributed by atoms with E-state index < -0.39 is 23.7 Å². The molecular formula is C10H8F2N2O3. The van der Waals surface area contributed by atoms with Gasteiger partial charge in [-0.25, -0.2) is 18.6 Å². The van der Waals surface area contributed by atoms with Crippen molar-refractivity contribution in [2.75, 3.05) is 14.2 Å². The average Bonchev–Trinajstić information content (AvgIpc) is 2.35. The molecule has 0 bridgehead atoms. The van der Waals surface area contributed by atoms with Gasteiger partial charge in [-0.05, 0) is 0 Å². The second kappa shape index (κ2) is 5.21. The van der Waals surface area contributed by atoms with E-state index in [1.807, 2.05) is 0 Å². The van der Waals surface area contributed by atoms with Crippen LogP contribution in [-0.2, 0) is 4.74 Å². The van der Waals surface area contributed by atoms with Crippen molar-refractivity contribution in [3.8, 4) is 11.8 Å². The topological polar surface area (TPSA) is 72.2 Å². The van der Waals surface area contributed by atoms with Crippen molar-refractivity contribution < 1.29 is 23.0 Å². The maximum Gasteiger partial charge on any atom is 0.357 e. The number of hydrogen-bond donors (Lipinski definition) is 0. The van der Waals surface area contributed by atoms with Crippen molar-refractivity contribution in [1.29, 1.82) is 5.26 Å². The fourth-order valence-corrected chi connectivity index (χ4v) is 1.22. The molecule has 0 aliphatic carbocycles. The molecule has 1 aromatic rings. The smallest absolute Gasteiger partial charge is 0.357 e. The highest BCUT2D eigenvalue weighted by atomic mass is 19.3. The van der Waals surface area contributed by atoms with Gasteiger partial charge in [0.05, 0.1) is 19.8 Å². The SMILES string of the molecule is COC(=O)c1nc(C#N)cc(OC)c1C(F)F. The molecule has 0 N–H and O–H groups in total. The molecule has 1 aromatic heterocycles. The van der Waals surface area contributed by atoms with E-state index in [-0.39, 0.29) is 11.4 Å². The number of methoxy groups -OCH3 is 2. The van der Waals surface area contributed by atoms with Crippen molar-refractivity contribution in [3.05, 3.63) is 23.0 Å². The predicted octanol–water partition coefficient (Wildman–Crippen LogP) is 1.69. The minimum absolute atomic E-state index is 0.202. The minimum atomic E-state index is -2.96. The van der Waals surface area contributed by atoms with Gasteiger partial charge < -0.3 is 9.47 Å². The second-order valence-corrected chi connectivity index (χ2v) is 2.88. The molecule has 0 radical (unpaired) electrons. The molecule has 0 aliphatic rings. The first-order valence-electron chi connectivity index (χ1n) is 4.40. The molecule has 7 heteroatoms. The molecule has 0 atom stereocenters. The fraction of sp³-hybridized carbons (Fsp3) is 0.300. The largest absolute Gasteiger partial charge is 0.496 e. The molecule has 5 nitrogen and oxygen atoms in total. The molecule has 1 heterocycles. The Morgan fingerprint density at radius 2 is 2.18 bits per heavy atom. The number of esters is 1. The highest BCUT2D eigenvalue weighted by Gasteiger charge is 2.26. The fourth-order valence-electron chi connectivity index (χ4n) is 1.22. The molecule has 0 aromatic carbocycles. The molecule has 0 unspecified atom stereocenters. The van der Waals surface area contributed by atoms with Gasteiger partial charge in [0.15, 0.2) is 5.69 Å². The van der Waals surface area contributed by atoms with Crippen LogP contribution in [0.15, 0.2) is 6.07 Å². The predicted molar refractivity (Wildman–Crippen MR) is 51.8 cm³/mol. The van der Waals surface area contributed by atoms with Crippen LogP contribution in [0.3, 0.4) is 0 Å². The molecule has 0 saturated carbocycles. The van der Waals surface area contributed by atoms with Gasteiger partial charge in [-0.3, -0.25) is 0 Å². The van der Waals surface area contributed by atoms with E-state index in [0.29, 0.717) is 0 Å². The number of nitriles is 1. The Kier molecular flexibility index (Phi) is 3.93. The van der Waals surface area contributed by atoms with E-state index in [1.165, 1.54) is 0 Å². The van der Waals surface area contributed by atoms with Gasteiger partial charge in [-0.2, -0.15) is 5.26 Å². The van der Waals surface area contributed by atoms with Crippen LogP contribution in [0, 0.1) is 11.3 Å². The summed E-state index contributed by atoms with van der Waals surface area (Å²) in [4.78, 5) is 14.8. The summed E-state index contributed by atoms with van der Waals surface area (Å²) in [5.41, 5.74) is -1.50. The van der Waals surface area contributed by atoms with E-state index in [2.05, 4.69) is 9.72 Å². The van der Waals surface area contributed by atoms with Crippen LogP contribution >= 0.6 is 0 Å². The molecular weight excluding hydrogens is 234 g/mol. The molecule has 0 saturated heterocycles. The maximum atomic E-state index is 12.8. The summed E-state index contributed by atoms with van der Waals surface area (Å²) >= 11 is 0. The van der Waals surface area contributed by atoms with E-state index >= 15 is 0 Å². The quantitative estimate of drug-likeness (QED) is 0.754. The summed E-state index contributed by atoms with van der Waals surface area (Å²) in [6, 6.07) is 2.68. The summed E-state index contributed by atoms with van der Waals surface area (Å²) in [5, 5.41) is 8.66. The van der Waals surface area contributed by atoms with E-state index in [0.717, 1.165) is 20.3 Å². The first-order chi connectivity index (χ1) is 8.04. The second-order valence-electron chi connectivity index (χ2n) is 2.88. The Bertz CT molecular complexity index is 483. The zero-order chi connectivity index (χ0) is 13.0. The zero-order valence-corrected chi connectivity index (χ0v) is 9.03. The third-order valence-electron chi connectivity index (χ3n) is 1.95. The lowest BCUT2D eigenvalue weighted by atomic mass is 10.1. The van der Waals surface area contributed by atoms with E-state index in [1.54, 1.807) is 6.07 Å². The van der Waals surface area contributed by atoms with Crippen LogP contribution in [0.5, 0.6) is 5.75 Å². The number of carbonyl (C=O) groups excluding carboxylic acids is 1. The number of ether oxygens (including phenoxy) is 2. The van der Waals surface area contributed by atoms with Gasteiger partial charge >= 0.3 is 5.97 Å². The summed E-state index contributed by atoms with van der Waals surface area (Å²) in [5.74, 6) is -1.32. The molecule has 90 valence electrons. The third kappa shape index (κ3) is 2.47. The highest BCUT2D eigenvalue weighted by Crippen LogP contribution is 2.32. The maximum absolute atomic E-state index is 12.8. The number of halogens is 2. The number of aromatic nitrogens is 1. The van der Waals surface area contributed by atoms with Gasteiger partial charge in [0.25, 0.3) is 6.43 Å². The van der Waals surface area contributed by atoms with Crippen molar-refractivity contribution in [2.24, 2.45) is 0 Å². The van der Waals surface area contributed by atoms with Crippen LogP contribution in [0.1, 0.15) is 28.2 Å². The lowest BCUT2D eigenvalue weighted by Gasteiger charge is -2.11. The lowest BCUT2D eigenvalue weighted by molar-refractivity contribution is 0.0579.